The third kappa shape index (κ3) is 3.07. The molecule has 0 radical (unpaired) electrons. The molecule has 3 rings (SSSR count). The summed E-state index contributed by atoms with van der Waals surface area (Å²) in [5.74, 6) is 0. The van der Waals surface area contributed by atoms with Crippen molar-refractivity contribution in [2.45, 2.75) is 42.7 Å². The lowest BCUT2D eigenvalue weighted by Crippen LogP contribution is -2.41. The Morgan fingerprint density at radius 1 is 1.10 bits per heavy atom. The molecule has 0 amide bonds. The van der Waals surface area contributed by atoms with E-state index in [2.05, 4.69) is 14.9 Å². The summed E-state index contributed by atoms with van der Waals surface area (Å²) >= 11 is 0. The fraction of sp³-hybridized carbons (Fsp3) is 0.600. The molecule has 2 aliphatic rings. The van der Waals surface area contributed by atoms with Gasteiger partial charge in [-0.2, -0.15) is 0 Å². The molecule has 0 spiro atoms. The lowest BCUT2D eigenvalue weighted by Gasteiger charge is -2.33. The van der Waals surface area contributed by atoms with Crippen molar-refractivity contribution in [1.29, 1.82) is 0 Å². The maximum absolute atomic E-state index is 11.7. The molecule has 2 N–H and O–H groups in total. The van der Waals surface area contributed by atoms with Crippen molar-refractivity contribution in [2.75, 3.05) is 25.5 Å². The van der Waals surface area contributed by atoms with Gasteiger partial charge in [0.1, 0.15) is 0 Å². The Morgan fingerprint density at radius 3 is 2.57 bits per heavy atom. The second-order valence-electron chi connectivity index (χ2n) is 5.87. The number of anilines is 1. The lowest BCUT2D eigenvalue weighted by molar-refractivity contribution is 0.193. The second-order valence-corrected chi connectivity index (χ2v) is 7.76. The highest BCUT2D eigenvalue weighted by Gasteiger charge is 2.35. The van der Waals surface area contributed by atoms with Crippen molar-refractivity contribution in [3.8, 4) is 0 Å². The van der Waals surface area contributed by atoms with Crippen LogP contribution >= 0.6 is 0 Å². The number of sulfonamides is 1. The van der Waals surface area contributed by atoms with Gasteiger partial charge >= 0.3 is 0 Å². The standard InChI is InChI=1S/C15H23N3O2S/c1-16-21(19,20)13-7-5-12(6-8-13)17-14-9-11-18-10-3-2-4-15(14)18/h5-8,14-17H,2-4,9-11H2,1H3. The molecule has 0 aromatic heterocycles. The monoisotopic (exact) mass is 309 g/mol. The molecule has 0 saturated carbocycles. The highest BCUT2D eigenvalue weighted by Crippen LogP contribution is 2.29. The summed E-state index contributed by atoms with van der Waals surface area (Å²) in [7, 11) is -1.92. The topological polar surface area (TPSA) is 61.4 Å². The van der Waals surface area contributed by atoms with E-state index in [0.29, 0.717) is 17.0 Å². The van der Waals surface area contributed by atoms with Gasteiger partial charge in [-0.05, 0) is 57.1 Å². The lowest BCUT2D eigenvalue weighted by atomic mass is 9.99. The average Bonchev–Trinajstić information content (AvgIpc) is 2.91. The van der Waals surface area contributed by atoms with Gasteiger partial charge in [-0.1, -0.05) is 6.42 Å². The molecule has 2 fully saturated rings. The number of benzene rings is 1. The zero-order chi connectivity index (χ0) is 14.9. The number of nitrogens with one attached hydrogen (secondary N) is 2. The number of hydrogen-bond donors (Lipinski definition) is 2. The molecule has 2 atom stereocenters. The Balaban J connectivity index is 1.68. The molecule has 5 nitrogen and oxygen atoms in total. The van der Waals surface area contributed by atoms with Crippen LogP contribution in [0.2, 0.25) is 0 Å². The van der Waals surface area contributed by atoms with Crippen molar-refractivity contribution in [1.82, 2.24) is 9.62 Å². The summed E-state index contributed by atoms with van der Waals surface area (Å²) in [5.41, 5.74) is 1.00. The van der Waals surface area contributed by atoms with E-state index in [1.807, 2.05) is 12.1 Å². The number of nitrogens with zero attached hydrogens (tertiary/aromatic N) is 1. The van der Waals surface area contributed by atoms with Crippen LogP contribution in [0, 0.1) is 0 Å². The summed E-state index contributed by atoms with van der Waals surface area (Å²) in [6, 6.07) is 8.14. The molecule has 1 aromatic rings. The Morgan fingerprint density at radius 2 is 1.86 bits per heavy atom. The second kappa shape index (κ2) is 5.94. The predicted molar refractivity (Wildman–Crippen MR) is 83.9 cm³/mol. The van der Waals surface area contributed by atoms with Gasteiger partial charge in [0.25, 0.3) is 0 Å². The van der Waals surface area contributed by atoms with Gasteiger partial charge in [0, 0.05) is 24.3 Å². The first-order chi connectivity index (χ1) is 10.1. The maximum atomic E-state index is 11.7. The van der Waals surface area contributed by atoms with Gasteiger partial charge in [-0.3, -0.25) is 4.90 Å². The number of rotatable bonds is 4. The molecule has 2 heterocycles. The zero-order valence-corrected chi connectivity index (χ0v) is 13.2. The number of hydrogen-bond acceptors (Lipinski definition) is 4. The van der Waals surface area contributed by atoms with E-state index < -0.39 is 10.0 Å². The van der Waals surface area contributed by atoms with E-state index in [9.17, 15) is 8.42 Å². The summed E-state index contributed by atoms with van der Waals surface area (Å²) in [4.78, 5) is 2.89. The molecule has 6 heteroatoms. The van der Waals surface area contributed by atoms with E-state index in [1.54, 1.807) is 12.1 Å². The van der Waals surface area contributed by atoms with Gasteiger partial charge in [-0.25, -0.2) is 13.1 Å². The highest BCUT2D eigenvalue weighted by atomic mass is 32.2. The smallest absolute Gasteiger partial charge is 0.240 e. The van der Waals surface area contributed by atoms with Gasteiger partial charge in [0.15, 0.2) is 0 Å². The van der Waals surface area contributed by atoms with Crippen molar-refractivity contribution < 1.29 is 8.42 Å². The van der Waals surface area contributed by atoms with Gasteiger partial charge < -0.3 is 5.32 Å². The summed E-state index contributed by atoms with van der Waals surface area (Å²) in [6.45, 7) is 2.40. The SMILES string of the molecule is CNS(=O)(=O)c1ccc(NC2CCN3CCCCC23)cc1. The Kier molecular flexibility index (Phi) is 4.19. The normalized spacial score (nSPS) is 26.5. The third-order valence-electron chi connectivity index (χ3n) is 4.64. The Hall–Kier alpha value is -1.11. The van der Waals surface area contributed by atoms with Crippen molar-refractivity contribution in [3.63, 3.8) is 0 Å². The van der Waals surface area contributed by atoms with Crippen molar-refractivity contribution >= 4 is 15.7 Å². The largest absolute Gasteiger partial charge is 0.381 e. The van der Waals surface area contributed by atoms with E-state index in [4.69, 9.17) is 0 Å². The van der Waals surface area contributed by atoms with E-state index in [0.717, 1.165) is 5.69 Å². The molecule has 2 unspecified atom stereocenters. The molecule has 2 aliphatic heterocycles. The summed E-state index contributed by atoms with van der Waals surface area (Å²) in [6.07, 6.45) is 5.07. The summed E-state index contributed by atoms with van der Waals surface area (Å²) in [5, 5.41) is 3.58. The highest BCUT2D eigenvalue weighted by molar-refractivity contribution is 7.89. The predicted octanol–water partition coefficient (Wildman–Crippen LogP) is 1.63. The first-order valence-corrected chi connectivity index (χ1v) is 9.13. The van der Waals surface area contributed by atoms with Crippen LogP contribution in [0.5, 0.6) is 0 Å². The fourth-order valence-electron chi connectivity index (χ4n) is 3.48. The Bertz CT molecular complexity index is 585. The minimum absolute atomic E-state index is 0.307. The van der Waals surface area contributed by atoms with E-state index in [-0.39, 0.29) is 0 Å². The zero-order valence-electron chi connectivity index (χ0n) is 12.4. The van der Waals surface area contributed by atoms with Gasteiger partial charge in [0.05, 0.1) is 4.90 Å². The van der Waals surface area contributed by atoms with Crippen LogP contribution < -0.4 is 10.0 Å². The molecule has 0 bridgehead atoms. The van der Waals surface area contributed by atoms with Crippen LogP contribution in [0.1, 0.15) is 25.7 Å². The average molecular weight is 309 g/mol. The molecule has 21 heavy (non-hydrogen) atoms. The van der Waals surface area contributed by atoms with Crippen LogP contribution in [0.25, 0.3) is 0 Å². The molecular formula is C15H23N3O2S. The first kappa shape index (κ1) is 14.8. The number of fused-ring (bicyclic) bond motifs is 1. The Labute approximate surface area is 126 Å². The molecule has 116 valence electrons. The number of piperidine rings is 1. The van der Waals surface area contributed by atoms with Gasteiger partial charge in [0.2, 0.25) is 10.0 Å². The first-order valence-electron chi connectivity index (χ1n) is 7.64. The van der Waals surface area contributed by atoms with Crippen LogP contribution in [-0.4, -0.2) is 45.5 Å². The third-order valence-corrected chi connectivity index (χ3v) is 6.07. The molecule has 0 aliphatic carbocycles. The van der Waals surface area contributed by atoms with E-state index >= 15 is 0 Å². The summed E-state index contributed by atoms with van der Waals surface area (Å²) < 4.78 is 25.7. The molecular weight excluding hydrogens is 286 g/mol. The minimum Gasteiger partial charge on any atom is -0.381 e. The fourth-order valence-corrected chi connectivity index (χ4v) is 4.21. The maximum Gasteiger partial charge on any atom is 0.240 e. The van der Waals surface area contributed by atoms with E-state index in [1.165, 1.54) is 45.8 Å². The van der Waals surface area contributed by atoms with Crippen LogP contribution in [0.4, 0.5) is 5.69 Å². The molecule has 1 aromatic carbocycles. The van der Waals surface area contributed by atoms with Crippen LogP contribution in [-0.2, 0) is 10.0 Å². The van der Waals surface area contributed by atoms with Gasteiger partial charge in [-0.15, -0.1) is 0 Å². The quantitative estimate of drug-likeness (QED) is 0.887. The van der Waals surface area contributed by atoms with Crippen molar-refractivity contribution in [3.05, 3.63) is 24.3 Å². The van der Waals surface area contributed by atoms with Crippen molar-refractivity contribution in [2.24, 2.45) is 0 Å². The molecule has 2 saturated heterocycles. The minimum atomic E-state index is -3.35. The van der Waals surface area contributed by atoms with Crippen LogP contribution in [0.3, 0.4) is 0 Å². The van der Waals surface area contributed by atoms with Crippen LogP contribution in [0.15, 0.2) is 29.2 Å².